The van der Waals surface area contributed by atoms with Crippen molar-refractivity contribution in [2.75, 3.05) is 0 Å². The molecule has 68 valence electrons. The summed E-state index contributed by atoms with van der Waals surface area (Å²) in [7, 11) is 0. The molecule has 2 N–H and O–H groups in total. The molecule has 0 aliphatic heterocycles. The number of furan rings is 1. The van der Waals surface area contributed by atoms with E-state index in [-0.39, 0.29) is 11.9 Å². The van der Waals surface area contributed by atoms with Crippen LogP contribution in [0.2, 0.25) is 0 Å². The first-order chi connectivity index (χ1) is 6.18. The fourth-order valence-electron chi connectivity index (χ4n) is 1.27. The predicted octanol–water partition coefficient (Wildman–Crippen LogP) is 2.59. The zero-order valence-corrected chi connectivity index (χ0v) is 7.25. The largest absolute Gasteiger partial charge is 0.459 e. The fraction of sp³-hybridized carbons (Fsp3) is 0.200. The normalized spacial score (nSPS) is 13.5. The molecular formula is C10H10FNO. The summed E-state index contributed by atoms with van der Waals surface area (Å²) in [6.07, 6.45) is 0. The summed E-state index contributed by atoms with van der Waals surface area (Å²) in [5.74, 6) is 0.341. The van der Waals surface area contributed by atoms with Crippen molar-refractivity contribution in [1.29, 1.82) is 0 Å². The highest BCUT2D eigenvalue weighted by Gasteiger charge is 2.09. The summed E-state index contributed by atoms with van der Waals surface area (Å²) in [4.78, 5) is 0. The molecule has 1 aromatic carbocycles. The number of halogens is 1. The first-order valence-electron chi connectivity index (χ1n) is 4.12. The van der Waals surface area contributed by atoms with Crippen LogP contribution in [0.4, 0.5) is 4.39 Å². The van der Waals surface area contributed by atoms with Gasteiger partial charge >= 0.3 is 0 Å². The van der Waals surface area contributed by atoms with Crippen LogP contribution in [-0.4, -0.2) is 0 Å². The Labute approximate surface area is 75.1 Å². The van der Waals surface area contributed by atoms with Crippen molar-refractivity contribution in [2.24, 2.45) is 5.73 Å². The first-order valence-corrected chi connectivity index (χ1v) is 4.12. The average molecular weight is 179 g/mol. The van der Waals surface area contributed by atoms with E-state index in [4.69, 9.17) is 10.2 Å². The van der Waals surface area contributed by atoms with Gasteiger partial charge in [-0.2, -0.15) is 0 Å². The predicted molar refractivity (Wildman–Crippen MR) is 48.8 cm³/mol. The number of rotatable bonds is 1. The van der Waals surface area contributed by atoms with Crippen LogP contribution in [-0.2, 0) is 0 Å². The number of fused-ring (bicyclic) bond motifs is 1. The Balaban J connectivity index is 2.68. The Bertz CT molecular complexity index is 433. The van der Waals surface area contributed by atoms with Gasteiger partial charge in [0.15, 0.2) is 0 Å². The standard InChI is InChI=1S/C10H10FNO/c1-6(12)10-5-7-8(11)3-2-4-9(7)13-10/h2-6H,12H2,1H3/t6-/m1/s1. The van der Waals surface area contributed by atoms with Gasteiger partial charge in [-0.05, 0) is 25.1 Å². The van der Waals surface area contributed by atoms with Gasteiger partial charge in [0.05, 0.1) is 11.4 Å². The summed E-state index contributed by atoms with van der Waals surface area (Å²) < 4.78 is 18.5. The third-order valence-electron chi connectivity index (χ3n) is 1.98. The van der Waals surface area contributed by atoms with Crippen molar-refractivity contribution in [1.82, 2.24) is 0 Å². The maximum absolute atomic E-state index is 13.2. The highest BCUT2D eigenvalue weighted by molar-refractivity contribution is 5.78. The third-order valence-corrected chi connectivity index (χ3v) is 1.98. The highest BCUT2D eigenvalue weighted by Crippen LogP contribution is 2.24. The molecule has 0 amide bonds. The lowest BCUT2D eigenvalue weighted by Gasteiger charge is -1.96. The molecule has 0 saturated heterocycles. The lowest BCUT2D eigenvalue weighted by Crippen LogP contribution is -2.02. The van der Waals surface area contributed by atoms with E-state index < -0.39 is 0 Å². The Morgan fingerprint density at radius 3 is 2.85 bits per heavy atom. The van der Waals surface area contributed by atoms with Crippen LogP contribution in [0.3, 0.4) is 0 Å². The van der Waals surface area contributed by atoms with Gasteiger partial charge in [-0.25, -0.2) is 4.39 Å². The number of nitrogens with two attached hydrogens (primary N) is 1. The summed E-state index contributed by atoms with van der Waals surface area (Å²) >= 11 is 0. The van der Waals surface area contributed by atoms with Gasteiger partial charge in [-0.15, -0.1) is 0 Å². The average Bonchev–Trinajstić information content (AvgIpc) is 2.49. The van der Waals surface area contributed by atoms with E-state index in [2.05, 4.69) is 0 Å². The number of hydrogen-bond donors (Lipinski definition) is 1. The Hall–Kier alpha value is -1.35. The molecule has 2 rings (SSSR count). The molecule has 0 bridgehead atoms. The zero-order chi connectivity index (χ0) is 9.42. The molecule has 0 fully saturated rings. The van der Waals surface area contributed by atoms with Gasteiger partial charge < -0.3 is 10.2 Å². The quantitative estimate of drug-likeness (QED) is 0.730. The summed E-state index contributed by atoms with van der Waals surface area (Å²) in [6, 6.07) is 6.20. The first kappa shape index (κ1) is 8.26. The van der Waals surface area contributed by atoms with Gasteiger partial charge in [0, 0.05) is 0 Å². The maximum atomic E-state index is 13.2. The van der Waals surface area contributed by atoms with Crippen LogP contribution in [0.15, 0.2) is 28.7 Å². The summed E-state index contributed by atoms with van der Waals surface area (Å²) in [5, 5.41) is 0.495. The molecule has 0 radical (unpaired) electrons. The second kappa shape index (κ2) is 2.85. The maximum Gasteiger partial charge on any atom is 0.137 e. The summed E-state index contributed by atoms with van der Waals surface area (Å²) in [6.45, 7) is 1.80. The van der Waals surface area contributed by atoms with Crippen LogP contribution < -0.4 is 5.73 Å². The molecular weight excluding hydrogens is 169 g/mol. The molecule has 13 heavy (non-hydrogen) atoms. The number of hydrogen-bond acceptors (Lipinski definition) is 2. The molecule has 0 unspecified atom stereocenters. The molecule has 3 heteroatoms. The van der Waals surface area contributed by atoms with E-state index in [1.807, 2.05) is 0 Å². The van der Waals surface area contributed by atoms with Gasteiger partial charge in [0.1, 0.15) is 17.2 Å². The minimum atomic E-state index is -0.270. The molecule has 2 nitrogen and oxygen atoms in total. The van der Waals surface area contributed by atoms with Crippen LogP contribution in [0.25, 0.3) is 11.0 Å². The number of benzene rings is 1. The molecule has 1 atom stereocenters. The van der Waals surface area contributed by atoms with E-state index >= 15 is 0 Å². The SMILES string of the molecule is C[C@@H](N)c1cc2c(F)cccc2o1. The van der Waals surface area contributed by atoms with Crippen molar-refractivity contribution in [3.8, 4) is 0 Å². The molecule has 0 aliphatic carbocycles. The van der Waals surface area contributed by atoms with Crippen molar-refractivity contribution >= 4 is 11.0 Å². The Kier molecular flexibility index (Phi) is 1.81. The van der Waals surface area contributed by atoms with E-state index in [9.17, 15) is 4.39 Å². The third kappa shape index (κ3) is 1.31. The topological polar surface area (TPSA) is 39.2 Å². The smallest absolute Gasteiger partial charge is 0.137 e. The molecule has 0 saturated carbocycles. The van der Waals surface area contributed by atoms with E-state index in [0.29, 0.717) is 16.7 Å². The van der Waals surface area contributed by atoms with Gasteiger partial charge in [0.2, 0.25) is 0 Å². The molecule has 0 spiro atoms. The monoisotopic (exact) mass is 179 g/mol. The van der Waals surface area contributed by atoms with Crippen molar-refractivity contribution in [3.63, 3.8) is 0 Å². The fourth-order valence-corrected chi connectivity index (χ4v) is 1.27. The van der Waals surface area contributed by atoms with Crippen LogP contribution >= 0.6 is 0 Å². The minimum absolute atomic E-state index is 0.202. The van der Waals surface area contributed by atoms with E-state index in [0.717, 1.165) is 0 Å². The lowest BCUT2D eigenvalue weighted by molar-refractivity contribution is 0.512. The van der Waals surface area contributed by atoms with Gasteiger partial charge in [-0.3, -0.25) is 0 Å². The highest BCUT2D eigenvalue weighted by atomic mass is 19.1. The molecule has 2 aromatic rings. The Morgan fingerprint density at radius 1 is 1.46 bits per heavy atom. The van der Waals surface area contributed by atoms with Crippen molar-refractivity contribution in [3.05, 3.63) is 35.8 Å². The second-order valence-electron chi connectivity index (χ2n) is 3.09. The van der Waals surface area contributed by atoms with E-state index in [1.54, 1.807) is 25.1 Å². The van der Waals surface area contributed by atoms with Gasteiger partial charge in [0.25, 0.3) is 0 Å². The molecule has 1 heterocycles. The minimum Gasteiger partial charge on any atom is -0.459 e. The molecule has 0 aliphatic rings. The molecule has 1 aromatic heterocycles. The van der Waals surface area contributed by atoms with Crippen molar-refractivity contribution < 1.29 is 8.81 Å². The van der Waals surface area contributed by atoms with Crippen molar-refractivity contribution in [2.45, 2.75) is 13.0 Å². The van der Waals surface area contributed by atoms with Gasteiger partial charge in [-0.1, -0.05) is 6.07 Å². The lowest BCUT2D eigenvalue weighted by atomic mass is 10.2. The zero-order valence-electron chi connectivity index (χ0n) is 7.25. The second-order valence-corrected chi connectivity index (χ2v) is 3.09. The van der Waals surface area contributed by atoms with Crippen LogP contribution in [0, 0.1) is 5.82 Å². The summed E-state index contributed by atoms with van der Waals surface area (Å²) in [5.41, 5.74) is 6.16. The van der Waals surface area contributed by atoms with E-state index in [1.165, 1.54) is 6.07 Å². The Morgan fingerprint density at radius 2 is 2.23 bits per heavy atom. The van der Waals surface area contributed by atoms with Crippen LogP contribution in [0.1, 0.15) is 18.7 Å². The van der Waals surface area contributed by atoms with Crippen LogP contribution in [0.5, 0.6) is 0 Å².